The highest BCUT2D eigenvalue weighted by molar-refractivity contribution is 7.98. The summed E-state index contributed by atoms with van der Waals surface area (Å²) in [6, 6.07) is 11.9. The van der Waals surface area contributed by atoms with Crippen LogP contribution in [0, 0.1) is 0 Å². The molecule has 0 spiro atoms. The normalized spacial score (nSPS) is 14.7. The number of hydrogen-bond acceptors (Lipinski definition) is 6. The van der Waals surface area contributed by atoms with E-state index in [2.05, 4.69) is 27.3 Å². The lowest BCUT2D eigenvalue weighted by Crippen LogP contribution is -2.35. The Hall–Kier alpha value is -2.55. The third-order valence-corrected chi connectivity index (χ3v) is 6.04. The van der Waals surface area contributed by atoms with Crippen molar-refractivity contribution in [3.63, 3.8) is 0 Å². The van der Waals surface area contributed by atoms with Gasteiger partial charge in [0.05, 0.1) is 19.0 Å². The summed E-state index contributed by atoms with van der Waals surface area (Å²) < 4.78 is 13.1. The zero-order valence-corrected chi connectivity index (χ0v) is 17.9. The lowest BCUT2D eigenvalue weighted by atomic mass is 10.1. The Bertz CT molecular complexity index is 978. The number of aryl methyl sites for hydroxylation is 1. The van der Waals surface area contributed by atoms with Crippen LogP contribution in [0.5, 0.6) is 0 Å². The van der Waals surface area contributed by atoms with Gasteiger partial charge < -0.3 is 19.0 Å². The second-order valence-electron chi connectivity index (χ2n) is 7.27. The molecular weight excluding hydrogens is 400 g/mol. The molecule has 1 aromatic carbocycles. The van der Waals surface area contributed by atoms with Crippen molar-refractivity contribution in [3.8, 4) is 0 Å². The van der Waals surface area contributed by atoms with Crippen LogP contribution in [0.3, 0.4) is 0 Å². The van der Waals surface area contributed by atoms with Gasteiger partial charge in [0, 0.05) is 45.6 Å². The number of rotatable bonds is 8. The summed E-state index contributed by atoms with van der Waals surface area (Å²) in [5, 5.41) is 3.86. The second-order valence-corrected chi connectivity index (χ2v) is 8.21. The van der Waals surface area contributed by atoms with Crippen molar-refractivity contribution in [2.45, 2.75) is 24.0 Å². The molecule has 1 aliphatic rings. The molecule has 8 heteroatoms. The predicted molar refractivity (Wildman–Crippen MR) is 115 cm³/mol. The lowest BCUT2D eigenvalue weighted by Gasteiger charge is -2.26. The maximum absolute atomic E-state index is 12.5. The highest BCUT2D eigenvalue weighted by atomic mass is 32.2. The van der Waals surface area contributed by atoms with Crippen molar-refractivity contribution in [2.24, 2.45) is 7.05 Å². The van der Waals surface area contributed by atoms with Crippen LogP contribution >= 0.6 is 11.8 Å². The summed E-state index contributed by atoms with van der Waals surface area (Å²) in [6.45, 7) is 4.87. The third-order valence-electron chi connectivity index (χ3n) is 4.96. The monoisotopic (exact) mass is 426 g/mol. The summed E-state index contributed by atoms with van der Waals surface area (Å²) >= 11 is 1.57. The molecule has 0 atom stereocenters. The van der Waals surface area contributed by atoms with Gasteiger partial charge in [-0.3, -0.25) is 9.69 Å². The Balaban J connectivity index is 1.28. The van der Waals surface area contributed by atoms with Crippen LogP contribution in [0.4, 0.5) is 0 Å². The van der Waals surface area contributed by atoms with Crippen LogP contribution in [0.2, 0.25) is 0 Å². The molecule has 2 aromatic heterocycles. The zero-order valence-electron chi connectivity index (χ0n) is 17.0. The number of benzene rings is 1. The van der Waals surface area contributed by atoms with Crippen molar-refractivity contribution < 1.29 is 13.9 Å². The molecule has 0 saturated carbocycles. The first-order valence-electron chi connectivity index (χ1n) is 10.0. The zero-order chi connectivity index (χ0) is 20.8. The lowest BCUT2D eigenvalue weighted by molar-refractivity contribution is 0.0342. The van der Waals surface area contributed by atoms with Crippen LogP contribution < -0.4 is 5.32 Å². The number of ether oxygens (including phenoxy) is 1. The van der Waals surface area contributed by atoms with E-state index in [0.717, 1.165) is 49.3 Å². The number of amides is 1. The van der Waals surface area contributed by atoms with E-state index < -0.39 is 0 Å². The minimum Gasteiger partial charge on any atom is -0.455 e. The third kappa shape index (κ3) is 5.53. The van der Waals surface area contributed by atoms with Gasteiger partial charge in [0.1, 0.15) is 5.76 Å². The summed E-state index contributed by atoms with van der Waals surface area (Å²) in [7, 11) is 1.95. The Labute approximate surface area is 180 Å². The molecule has 1 fully saturated rings. The minimum absolute atomic E-state index is 0.207. The first-order chi connectivity index (χ1) is 14.7. The van der Waals surface area contributed by atoms with E-state index in [1.54, 1.807) is 24.0 Å². The summed E-state index contributed by atoms with van der Waals surface area (Å²) in [5.41, 5.74) is 2.32. The van der Waals surface area contributed by atoms with E-state index in [-0.39, 0.29) is 5.91 Å². The largest absolute Gasteiger partial charge is 0.455 e. The highest BCUT2D eigenvalue weighted by Crippen LogP contribution is 2.22. The molecule has 3 heterocycles. The molecule has 1 aliphatic heterocycles. The Morgan fingerprint density at radius 2 is 2.03 bits per heavy atom. The first kappa shape index (κ1) is 20.7. The van der Waals surface area contributed by atoms with E-state index >= 15 is 0 Å². The van der Waals surface area contributed by atoms with Crippen molar-refractivity contribution in [1.82, 2.24) is 19.8 Å². The molecule has 7 nitrogen and oxygen atoms in total. The minimum atomic E-state index is -0.207. The van der Waals surface area contributed by atoms with Crippen molar-refractivity contribution in [1.29, 1.82) is 0 Å². The van der Waals surface area contributed by atoms with E-state index in [0.29, 0.717) is 18.1 Å². The molecule has 158 valence electrons. The van der Waals surface area contributed by atoms with Gasteiger partial charge in [-0.2, -0.15) is 0 Å². The van der Waals surface area contributed by atoms with Crippen LogP contribution in [0.1, 0.15) is 27.4 Å². The fourth-order valence-corrected chi connectivity index (χ4v) is 4.16. The maximum atomic E-state index is 12.5. The van der Waals surface area contributed by atoms with Crippen LogP contribution in [0.25, 0.3) is 0 Å². The highest BCUT2D eigenvalue weighted by Gasteiger charge is 2.13. The molecule has 1 N–H and O–H groups in total. The van der Waals surface area contributed by atoms with Gasteiger partial charge in [0.15, 0.2) is 10.9 Å². The number of aromatic nitrogens is 2. The van der Waals surface area contributed by atoms with E-state index in [1.807, 2.05) is 36.0 Å². The number of imidazole rings is 1. The fourth-order valence-electron chi connectivity index (χ4n) is 3.33. The first-order valence-corrected chi connectivity index (χ1v) is 11.0. The summed E-state index contributed by atoms with van der Waals surface area (Å²) in [5.74, 6) is 1.50. The molecule has 1 amide bonds. The molecule has 30 heavy (non-hydrogen) atoms. The van der Waals surface area contributed by atoms with Gasteiger partial charge in [-0.15, -0.1) is 0 Å². The fraction of sp³-hybridized carbons (Fsp3) is 0.364. The summed E-state index contributed by atoms with van der Waals surface area (Å²) in [4.78, 5) is 19.1. The van der Waals surface area contributed by atoms with Gasteiger partial charge in [-0.1, -0.05) is 36.0 Å². The molecule has 3 aromatic rings. The number of hydrogen-bond donors (Lipinski definition) is 1. The average Bonchev–Trinajstić information content (AvgIpc) is 3.40. The topological polar surface area (TPSA) is 72.5 Å². The van der Waals surface area contributed by atoms with E-state index in [4.69, 9.17) is 9.15 Å². The molecule has 4 rings (SSSR count). The van der Waals surface area contributed by atoms with Gasteiger partial charge in [0.2, 0.25) is 0 Å². The maximum Gasteiger partial charge on any atom is 0.287 e. The van der Waals surface area contributed by atoms with Gasteiger partial charge in [-0.05, 0) is 23.3 Å². The molecular formula is C22H26N4O3S. The standard InChI is InChI=1S/C22H26N4O3S/c1-25-8-7-23-22(25)30-16-19-5-6-20(29-19)21(27)24-14-17-3-2-4-18(13-17)15-26-9-11-28-12-10-26/h2-8,13H,9-12,14-16H2,1H3,(H,24,27). The van der Waals surface area contributed by atoms with Crippen molar-refractivity contribution >= 4 is 17.7 Å². The summed E-state index contributed by atoms with van der Waals surface area (Å²) in [6.07, 6.45) is 3.67. The second kappa shape index (κ2) is 9.97. The number of morpholine rings is 1. The smallest absolute Gasteiger partial charge is 0.287 e. The molecule has 0 aliphatic carbocycles. The number of furan rings is 1. The average molecular weight is 427 g/mol. The quantitative estimate of drug-likeness (QED) is 0.558. The van der Waals surface area contributed by atoms with Crippen LogP contribution in [-0.2, 0) is 30.6 Å². The number of carbonyl (C=O) groups is 1. The van der Waals surface area contributed by atoms with Gasteiger partial charge in [0.25, 0.3) is 5.91 Å². The van der Waals surface area contributed by atoms with E-state index in [9.17, 15) is 4.79 Å². The number of nitrogens with one attached hydrogen (secondary N) is 1. The Morgan fingerprint density at radius 1 is 1.20 bits per heavy atom. The Morgan fingerprint density at radius 3 is 2.83 bits per heavy atom. The van der Waals surface area contributed by atoms with Crippen LogP contribution in [-0.4, -0.2) is 46.7 Å². The molecule has 0 bridgehead atoms. The number of nitrogens with zero attached hydrogens (tertiary/aromatic N) is 3. The molecule has 0 unspecified atom stereocenters. The number of thioether (sulfide) groups is 1. The predicted octanol–water partition coefficient (Wildman–Crippen LogP) is 3.07. The molecule has 0 radical (unpaired) electrons. The van der Waals surface area contributed by atoms with Crippen molar-refractivity contribution in [2.75, 3.05) is 26.3 Å². The van der Waals surface area contributed by atoms with E-state index in [1.165, 1.54) is 5.56 Å². The van der Waals surface area contributed by atoms with Crippen LogP contribution in [0.15, 0.2) is 58.4 Å². The molecule has 1 saturated heterocycles. The Kier molecular flexibility index (Phi) is 6.88. The van der Waals surface area contributed by atoms with Gasteiger partial charge >= 0.3 is 0 Å². The van der Waals surface area contributed by atoms with Gasteiger partial charge in [-0.25, -0.2) is 4.98 Å². The SMILES string of the molecule is Cn1ccnc1SCc1ccc(C(=O)NCc2cccc(CN3CCOCC3)c2)o1. The van der Waals surface area contributed by atoms with Crippen molar-refractivity contribution in [3.05, 3.63) is 71.4 Å². The number of carbonyl (C=O) groups excluding carboxylic acids is 1.